The minimum Gasteiger partial charge on any atom is -0.356 e. The number of halogens is 1. The van der Waals surface area contributed by atoms with Gasteiger partial charge in [-0.25, -0.2) is 4.98 Å². The fourth-order valence-corrected chi connectivity index (χ4v) is 5.96. The van der Waals surface area contributed by atoms with Crippen molar-refractivity contribution in [1.82, 2.24) is 19.8 Å². The number of rotatable bonds is 5. The Morgan fingerprint density at radius 3 is 2.60 bits per heavy atom. The van der Waals surface area contributed by atoms with Crippen molar-refractivity contribution in [2.24, 2.45) is 0 Å². The zero-order chi connectivity index (χ0) is 24.0. The van der Waals surface area contributed by atoms with Crippen molar-refractivity contribution in [3.63, 3.8) is 0 Å². The number of hydrogen-bond donors (Lipinski definition) is 1. The SMILES string of the molecule is O=C(c1cccc(Cl)c1)N1CCCC(N2CCCC(Nc3nccc(N4CCCCCC4)n3)C2)C1. The summed E-state index contributed by atoms with van der Waals surface area (Å²) in [5.41, 5.74) is 0.678. The van der Waals surface area contributed by atoms with Gasteiger partial charge in [-0.3, -0.25) is 9.69 Å². The molecule has 8 heteroatoms. The molecule has 0 aliphatic carbocycles. The first-order valence-electron chi connectivity index (χ1n) is 13.3. The minimum atomic E-state index is 0.0858. The van der Waals surface area contributed by atoms with E-state index in [2.05, 4.69) is 20.1 Å². The molecule has 0 spiro atoms. The second kappa shape index (κ2) is 11.6. The van der Waals surface area contributed by atoms with Crippen LogP contribution in [0.25, 0.3) is 0 Å². The van der Waals surface area contributed by atoms with Crippen LogP contribution in [0.4, 0.5) is 11.8 Å². The number of nitrogens with one attached hydrogen (secondary N) is 1. The Hall–Kier alpha value is -2.38. The van der Waals surface area contributed by atoms with Crippen molar-refractivity contribution in [3.05, 3.63) is 47.1 Å². The van der Waals surface area contributed by atoms with Crippen molar-refractivity contribution in [2.45, 2.75) is 63.5 Å². The third-order valence-corrected chi connectivity index (χ3v) is 7.86. The van der Waals surface area contributed by atoms with Gasteiger partial charge in [0.05, 0.1) is 0 Å². The van der Waals surface area contributed by atoms with Crippen LogP contribution in [0.15, 0.2) is 36.5 Å². The Bertz CT molecular complexity index is 995. The molecular formula is C27H37ClN6O. The molecule has 4 heterocycles. The number of benzene rings is 1. The lowest BCUT2D eigenvalue weighted by Gasteiger charge is -2.43. The molecule has 2 aromatic rings. The van der Waals surface area contributed by atoms with Gasteiger partial charge < -0.3 is 15.1 Å². The number of aromatic nitrogens is 2. The highest BCUT2D eigenvalue weighted by Crippen LogP contribution is 2.24. The molecule has 35 heavy (non-hydrogen) atoms. The van der Waals surface area contributed by atoms with Crippen LogP contribution in [0.5, 0.6) is 0 Å². The van der Waals surface area contributed by atoms with E-state index in [-0.39, 0.29) is 5.91 Å². The second-order valence-corrected chi connectivity index (χ2v) is 10.6. The van der Waals surface area contributed by atoms with Gasteiger partial charge >= 0.3 is 0 Å². The number of piperidine rings is 2. The third-order valence-electron chi connectivity index (χ3n) is 7.63. The molecular weight excluding hydrogens is 460 g/mol. The molecule has 1 amide bonds. The number of anilines is 2. The second-order valence-electron chi connectivity index (χ2n) is 10.2. The first-order valence-corrected chi connectivity index (χ1v) is 13.7. The summed E-state index contributed by atoms with van der Waals surface area (Å²) >= 11 is 6.12. The molecule has 0 radical (unpaired) electrons. The van der Waals surface area contributed by atoms with E-state index in [1.54, 1.807) is 6.07 Å². The topological polar surface area (TPSA) is 64.6 Å². The van der Waals surface area contributed by atoms with Crippen molar-refractivity contribution >= 4 is 29.3 Å². The lowest BCUT2D eigenvalue weighted by molar-refractivity contribution is 0.0526. The Morgan fingerprint density at radius 1 is 0.943 bits per heavy atom. The molecule has 5 rings (SSSR count). The highest BCUT2D eigenvalue weighted by atomic mass is 35.5. The highest BCUT2D eigenvalue weighted by Gasteiger charge is 2.31. The zero-order valence-electron chi connectivity index (χ0n) is 20.5. The van der Waals surface area contributed by atoms with E-state index in [0.717, 1.165) is 76.7 Å². The summed E-state index contributed by atoms with van der Waals surface area (Å²) < 4.78 is 0. The number of amides is 1. The minimum absolute atomic E-state index is 0.0858. The van der Waals surface area contributed by atoms with E-state index >= 15 is 0 Å². The predicted octanol–water partition coefficient (Wildman–Crippen LogP) is 4.69. The summed E-state index contributed by atoms with van der Waals surface area (Å²) in [5.74, 6) is 1.86. The highest BCUT2D eigenvalue weighted by molar-refractivity contribution is 6.30. The molecule has 2 unspecified atom stereocenters. The summed E-state index contributed by atoms with van der Waals surface area (Å²) in [5, 5.41) is 4.23. The standard InChI is InChI=1S/C27H37ClN6O/c28-22-9-5-8-21(18-22)26(35)34-17-7-11-24(20-34)33-16-6-10-23(19-33)30-27-29-13-12-25(31-27)32-14-3-1-2-4-15-32/h5,8-9,12-13,18,23-24H,1-4,6-7,10-11,14-17,19-20H2,(H,29,30,31). The van der Waals surface area contributed by atoms with Crippen LogP contribution < -0.4 is 10.2 Å². The van der Waals surface area contributed by atoms with Crippen LogP contribution in [0.1, 0.15) is 61.7 Å². The normalized spacial score (nSPS) is 24.1. The van der Waals surface area contributed by atoms with Crippen molar-refractivity contribution in [1.29, 1.82) is 0 Å². The first-order chi connectivity index (χ1) is 17.2. The van der Waals surface area contributed by atoms with Gasteiger partial charge in [0, 0.05) is 61.6 Å². The zero-order valence-corrected chi connectivity index (χ0v) is 21.3. The molecule has 3 saturated heterocycles. The van der Waals surface area contributed by atoms with Crippen molar-refractivity contribution in [2.75, 3.05) is 49.5 Å². The summed E-state index contributed by atoms with van der Waals surface area (Å²) in [4.78, 5) is 29.5. The monoisotopic (exact) mass is 496 g/mol. The van der Waals surface area contributed by atoms with E-state index in [0.29, 0.717) is 22.7 Å². The Balaban J connectivity index is 1.19. The van der Waals surface area contributed by atoms with Gasteiger partial charge in [-0.2, -0.15) is 4.98 Å². The molecule has 2 atom stereocenters. The molecule has 188 valence electrons. The average molecular weight is 497 g/mol. The van der Waals surface area contributed by atoms with E-state index in [1.807, 2.05) is 35.4 Å². The van der Waals surface area contributed by atoms with Crippen molar-refractivity contribution < 1.29 is 4.79 Å². The van der Waals surface area contributed by atoms with Gasteiger partial charge in [0.1, 0.15) is 5.82 Å². The van der Waals surface area contributed by atoms with E-state index in [9.17, 15) is 4.79 Å². The molecule has 7 nitrogen and oxygen atoms in total. The van der Waals surface area contributed by atoms with Gasteiger partial charge in [0.25, 0.3) is 5.91 Å². The van der Waals surface area contributed by atoms with Gasteiger partial charge in [-0.1, -0.05) is 30.5 Å². The van der Waals surface area contributed by atoms with Crippen LogP contribution in [0, 0.1) is 0 Å². The molecule has 1 aromatic heterocycles. The average Bonchev–Trinajstić information content (AvgIpc) is 3.19. The molecule has 3 aliphatic rings. The summed E-state index contributed by atoms with van der Waals surface area (Å²) in [7, 11) is 0. The summed E-state index contributed by atoms with van der Waals surface area (Å²) in [6, 6.07) is 10.0. The summed E-state index contributed by atoms with van der Waals surface area (Å²) in [6.07, 6.45) is 11.4. The molecule has 3 fully saturated rings. The molecule has 0 bridgehead atoms. The fourth-order valence-electron chi connectivity index (χ4n) is 5.77. The maximum atomic E-state index is 13.1. The van der Waals surface area contributed by atoms with E-state index in [1.165, 1.54) is 25.7 Å². The largest absolute Gasteiger partial charge is 0.356 e. The number of likely N-dealkylation sites (tertiary alicyclic amines) is 2. The van der Waals surface area contributed by atoms with Crippen molar-refractivity contribution in [3.8, 4) is 0 Å². The van der Waals surface area contributed by atoms with Gasteiger partial charge in [0.2, 0.25) is 5.95 Å². The number of hydrogen-bond acceptors (Lipinski definition) is 6. The number of nitrogens with zero attached hydrogens (tertiary/aromatic N) is 5. The molecule has 0 saturated carbocycles. The third kappa shape index (κ3) is 6.25. The van der Waals surface area contributed by atoms with Gasteiger partial charge in [-0.05, 0) is 69.3 Å². The Labute approximate surface area is 213 Å². The molecule has 1 aromatic carbocycles. The molecule has 1 N–H and O–H groups in total. The van der Waals surface area contributed by atoms with Crippen LogP contribution in [-0.2, 0) is 0 Å². The quantitative estimate of drug-likeness (QED) is 0.647. The van der Waals surface area contributed by atoms with Crippen LogP contribution >= 0.6 is 11.6 Å². The summed E-state index contributed by atoms with van der Waals surface area (Å²) in [6.45, 7) is 5.80. The number of carbonyl (C=O) groups excluding carboxylic acids is 1. The first kappa shape index (κ1) is 24.3. The van der Waals surface area contributed by atoms with E-state index < -0.39 is 0 Å². The smallest absolute Gasteiger partial charge is 0.253 e. The van der Waals surface area contributed by atoms with Gasteiger partial charge in [0.15, 0.2) is 0 Å². The van der Waals surface area contributed by atoms with Crippen LogP contribution in [0.2, 0.25) is 5.02 Å². The fraction of sp³-hybridized carbons (Fsp3) is 0.593. The lowest BCUT2D eigenvalue weighted by atomic mass is 9.98. The Kier molecular flexibility index (Phi) is 8.04. The molecule has 3 aliphatic heterocycles. The number of carbonyl (C=O) groups is 1. The maximum absolute atomic E-state index is 13.1. The van der Waals surface area contributed by atoms with Gasteiger partial charge in [-0.15, -0.1) is 0 Å². The Morgan fingerprint density at radius 2 is 1.77 bits per heavy atom. The van der Waals surface area contributed by atoms with E-state index in [4.69, 9.17) is 16.6 Å². The lowest BCUT2D eigenvalue weighted by Crippen LogP contribution is -2.54. The van der Waals surface area contributed by atoms with Crippen LogP contribution in [-0.4, -0.2) is 77.0 Å². The predicted molar refractivity (Wildman–Crippen MR) is 141 cm³/mol. The van der Waals surface area contributed by atoms with Crippen LogP contribution in [0.3, 0.4) is 0 Å². The maximum Gasteiger partial charge on any atom is 0.253 e.